The number of Topliss-reactive ketones (excluding diaryl/α,β-unsaturated/α-hetero) is 2. The van der Waals surface area contributed by atoms with Crippen molar-refractivity contribution in [3.05, 3.63) is 69.8 Å². The number of hydrogen-bond donors (Lipinski definition) is 5. The predicted molar refractivity (Wildman–Crippen MR) is 149 cm³/mol. The number of hydrogen-bond acceptors (Lipinski definition) is 10. The van der Waals surface area contributed by atoms with Crippen molar-refractivity contribution < 1.29 is 34.8 Å². The molecule has 5 rings (SSSR count). The number of fused-ring (bicyclic) bond motifs is 3. The molecule has 11 nitrogen and oxygen atoms in total. The lowest BCUT2D eigenvalue weighted by atomic mass is 9.57. The van der Waals surface area contributed by atoms with E-state index in [4.69, 9.17) is 5.73 Å². The Labute approximate surface area is 236 Å². The van der Waals surface area contributed by atoms with Gasteiger partial charge in [-0.1, -0.05) is 12.0 Å². The van der Waals surface area contributed by atoms with Crippen LogP contribution in [0.4, 0.5) is 5.69 Å². The first kappa shape index (κ1) is 27.9. The number of ketones is 2. The maximum Gasteiger partial charge on any atom is 0.255 e. The van der Waals surface area contributed by atoms with Crippen molar-refractivity contribution in [2.24, 2.45) is 17.6 Å². The zero-order chi connectivity index (χ0) is 30.0. The molecule has 6 N–H and O–H groups in total. The number of carbonyl (C=O) groups is 3. The molecule has 0 bridgehead atoms. The normalized spacial score (nSPS) is 25.3. The minimum absolute atomic E-state index is 0.0145. The number of likely N-dealkylation sites (N-methyl/N-ethyl adjacent to an activating group) is 1. The zero-order valence-corrected chi connectivity index (χ0v) is 23.0. The van der Waals surface area contributed by atoms with Crippen LogP contribution in [0.2, 0.25) is 0 Å². The molecule has 11 heteroatoms. The standard InChI is InChI=1S/C30H30N4O7/c1-33(2)19-13-14(8-9-16-7-5-6-10-32-16)24(35)21-17(19)11-15-12-18-23(34(3)4)26(37)22(29(31)40)28(39)30(18,41)27(38)20(15)25(21)36/h5-7,10,13,15,18,23,35-36,39,41H,11-12H2,1-4H3,(H2,31,40)/t15?,18?,23-,30-/m0/s1. The number of rotatable bonds is 3. The Morgan fingerprint density at radius 2 is 1.83 bits per heavy atom. The second-order valence-corrected chi connectivity index (χ2v) is 11.0. The number of aliphatic hydroxyl groups is 3. The summed E-state index contributed by atoms with van der Waals surface area (Å²) in [6.07, 6.45) is 1.78. The van der Waals surface area contributed by atoms with E-state index in [9.17, 15) is 34.8 Å². The average molecular weight is 559 g/mol. The molecule has 1 saturated carbocycles. The lowest BCUT2D eigenvalue weighted by Gasteiger charge is -2.50. The van der Waals surface area contributed by atoms with Crippen LogP contribution in [0.15, 0.2) is 47.4 Å². The Morgan fingerprint density at radius 1 is 1.12 bits per heavy atom. The molecule has 2 aromatic rings. The maximum absolute atomic E-state index is 14.0. The van der Waals surface area contributed by atoms with Crippen molar-refractivity contribution in [2.75, 3.05) is 33.1 Å². The van der Waals surface area contributed by atoms with Crippen molar-refractivity contribution in [1.29, 1.82) is 0 Å². The van der Waals surface area contributed by atoms with Gasteiger partial charge < -0.3 is 31.1 Å². The third kappa shape index (κ3) is 4.06. The lowest BCUT2D eigenvalue weighted by molar-refractivity contribution is -0.153. The third-order valence-electron chi connectivity index (χ3n) is 8.17. The minimum atomic E-state index is -2.69. The molecule has 1 fully saturated rings. The van der Waals surface area contributed by atoms with Crippen LogP contribution in [0.5, 0.6) is 5.75 Å². The molecule has 0 aliphatic heterocycles. The summed E-state index contributed by atoms with van der Waals surface area (Å²) in [4.78, 5) is 46.8. The van der Waals surface area contributed by atoms with E-state index < -0.39 is 58.0 Å². The maximum atomic E-state index is 14.0. The van der Waals surface area contributed by atoms with Gasteiger partial charge in [-0.2, -0.15) is 0 Å². The van der Waals surface area contributed by atoms with E-state index in [0.29, 0.717) is 16.9 Å². The fourth-order valence-electron chi connectivity index (χ4n) is 6.35. The summed E-state index contributed by atoms with van der Waals surface area (Å²) in [6.45, 7) is 0. The Hall–Kier alpha value is -4.66. The number of aromatic hydroxyl groups is 1. The largest absolute Gasteiger partial charge is 0.508 e. The smallest absolute Gasteiger partial charge is 0.255 e. The van der Waals surface area contributed by atoms with E-state index in [1.807, 2.05) is 0 Å². The van der Waals surface area contributed by atoms with Crippen molar-refractivity contribution in [2.45, 2.75) is 24.5 Å². The number of pyridine rings is 1. The number of phenols is 1. The van der Waals surface area contributed by atoms with Gasteiger partial charge in [0, 0.05) is 37.5 Å². The van der Waals surface area contributed by atoms with Gasteiger partial charge in [0.2, 0.25) is 5.78 Å². The highest BCUT2D eigenvalue weighted by Gasteiger charge is 2.64. The molecule has 0 saturated heterocycles. The number of amides is 1. The van der Waals surface area contributed by atoms with E-state index in [2.05, 4.69) is 16.8 Å². The van der Waals surface area contributed by atoms with Crippen LogP contribution in [0.3, 0.4) is 0 Å². The summed E-state index contributed by atoms with van der Waals surface area (Å²) in [5, 5.41) is 45.6. The van der Waals surface area contributed by atoms with Crippen molar-refractivity contribution in [3.63, 3.8) is 0 Å². The van der Waals surface area contributed by atoms with Gasteiger partial charge in [0.1, 0.15) is 28.5 Å². The summed E-state index contributed by atoms with van der Waals surface area (Å²) in [5.41, 5.74) is 3.44. The third-order valence-corrected chi connectivity index (χ3v) is 8.17. The molecular weight excluding hydrogens is 528 g/mol. The molecule has 0 radical (unpaired) electrons. The van der Waals surface area contributed by atoms with Crippen molar-refractivity contribution in [1.82, 2.24) is 9.88 Å². The van der Waals surface area contributed by atoms with Crippen LogP contribution in [0.25, 0.3) is 5.76 Å². The van der Waals surface area contributed by atoms with Crippen LogP contribution in [0.1, 0.15) is 28.8 Å². The molecule has 1 aromatic heterocycles. The Balaban J connectivity index is 1.73. The van der Waals surface area contributed by atoms with Gasteiger partial charge in [-0.25, -0.2) is 4.98 Å². The average Bonchev–Trinajstić information content (AvgIpc) is 2.90. The highest BCUT2D eigenvalue weighted by atomic mass is 16.3. The van der Waals surface area contributed by atoms with Crippen LogP contribution in [-0.2, 0) is 20.8 Å². The highest BCUT2D eigenvalue weighted by molar-refractivity contribution is 6.24. The summed E-state index contributed by atoms with van der Waals surface area (Å²) in [6, 6.07) is 5.76. The zero-order valence-electron chi connectivity index (χ0n) is 23.0. The SMILES string of the molecule is CN(C)c1cc(C#Cc2ccccn2)c(O)c2c1CC1CC3[C@H](N(C)C)C(=O)C(C(N)=O)=C(O)[C@@]3(O)C(=O)C1=C2O. The van der Waals surface area contributed by atoms with Gasteiger partial charge in [0.25, 0.3) is 5.91 Å². The van der Waals surface area contributed by atoms with E-state index in [0.717, 1.165) is 0 Å². The van der Waals surface area contributed by atoms with Crippen LogP contribution >= 0.6 is 0 Å². The Kier molecular flexibility index (Phi) is 6.64. The number of nitrogens with zero attached hydrogens (tertiary/aromatic N) is 3. The van der Waals surface area contributed by atoms with Crippen molar-refractivity contribution >= 4 is 28.9 Å². The molecular formula is C30H30N4O7. The van der Waals surface area contributed by atoms with Crippen molar-refractivity contribution in [3.8, 4) is 17.6 Å². The Morgan fingerprint density at radius 3 is 2.41 bits per heavy atom. The quantitative estimate of drug-likeness (QED) is 0.268. The number of carbonyl (C=O) groups excluding carboxylic acids is 3. The van der Waals surface area contributed by atoms with E-state index in [1.54, 1.807) is 63.6 Å². The van der Waals surface area contributed by atoms with Crippen LogP contribution in [-0.4, -0.2) is 87.6 Å². The number of aromatic nitrogens is 1. The molecule has 1 heterocycles. The molecule has 2 unspecified atom stereocenters. The molecule has 4 atom stereocenters. The number of anilines is 1. The molecule has 3 aliphatic carbocycles. The van der Waals surface area contributed by atoms with Gasteiger partial charge in [-0.05, 0) is 62.5 Å². The molecule has 212 valence electrons. The first-order valence-electron chi connectivity index (χ1n) is 12.9. The number of aliphatic hydroxyl groups excluding tert-OH is 2. The van der Waals surface area contributed by atoms with Gasteiger partial charge in [0.05, 0.1) is 17.2 Å². The monoisotopic (exact) mass is 558 g/mol. The van der Waals surface area contributed by atoms with Gasteiger partial charge in [0.15, 0.2) is 11.4 Å². The van der Waals surface area contributed by atoms with Crippen LogP contribution < -0.4 is 10.6 Å². The Bertz CT molecular complexity index is 1630. The molecule has 41 heavy (non-hydrogen) atoms. The lowest BCUT2D eigenvalue weighted by Crippen LogP contribution is -2.65. The van der Waals surface area contributed by atoms with Gasteiger partial charge in [-0.3, -0.25) is 19.3 Å². The number of primary amides is 1. The second kappa shape index (κ2) is 9.76. The first-order valence-corrected chi connectivity index (χ1v) is 12.9. The fraction of sp³-hybridized carbons (Fsp3) is 0.333. The van der Waals surface area contributed by atoms with E-state index >= 15 is 0 Å². The van der Waals surface area contributed by atoms with E-state index in [-0.39, 0.29) is 35.3 Å². The minimum Gasteiger partial charge on any atom is -0.508 e. The topological polar surface area (TPSA) is 178 Å². The summed E-state index contributed by atoms with van der Waals surface area (Å²) < 4.78 is 0. The molecule has 1 amide bonds. The molecule has 1 aromatic carbocycles. The van der Waals surface area contributed by atoms with E-state index in [1.165, 1.54) is 4.90 Å². The summed E-state index contributed by atoms with van der Waals surface area (Å²) in [7, 11) is 6.70. The fourth-order valence-corrected chi connectivity index (χ4v) is 6.35. The van der Waals surface area contributed by atoms with Crippen LogP contribution in [0, 0.1) is 23.7 Å². The van der Waals surface area contributed by atoms with Gasteiger partial charge in [-0.15, -0.1) is 0 Å². The summed E-state index contributed by atoms with van der Waals surface area (Å²) in [5.74, 6) is -1.23. The predicted octanol–water partition coefficient (Wildman–Crippen LogP) is 0.825. The highest BCUT2D eigenvalue weighted by Crippen LogP contribution is 2.54. The second-order valence-electron chi connectivity index (χ2n) is 11.0. The summed E-state index contributed by atoms with van der Waals surface area (Å²) >= 11 is 0. The van der Waals surface area contributed by atoms with Gasteiger partial charge >= 0.3 is 0 Å². The molecule has 0 spiro atoms. The first-order chi connectivity index (χ1) is 19.3. The number of benzene rings is 1. The number of nitrogens with two attached hydrogens (primary N) is 1. The number of phenolic OH excluding ortho intramolecular Hbond substituents is 1. The molecule has 3 aliphatic rings.